The average Bonchev–Trinajstić information content (AvgIpc) is 3.12. The van der Waals surface area contributed by atoms with E-state index >= 15 is 0 Å². The van der Waals surface area contributed by atoms with Crippen molar-refractivity contribution in [2.24, 2.45) is 28.9 Å². The summed E-state index contributed by atoms with van der Waals surface area (Å²) in [6.07, 6.45) is 8.28. The molecule has 6 rings (SSSR count). The van der Waals surface area contributed by atoms with Gasteiger partial charge in [-0.25, -0.2) is 4.98 Å². The summed E-state index contributed by atoms with van der Waals surface area (Å²) < 4.78 is 5.15. The Morgan fingerprint density at radius 3 is 2.70 bits per heavy atom. The fourth-order valence-corrected chi connectivity index (χ4v) is 6.24. The monoisotopic (exact) mass is 368 g/mol. The summed E-state index contributed by atoms with van der Waals surface area (Å²) in [5.41, 5.74) is 7.22. The van der Waals surface area contributed by atoms with Crippen molar-refractivity contribution in [1.82, 2.24) is 9.97 Å². The highest BCUT2D eigenvalue weighted by molar-refractivity contribution is 6.06. The van der Waals surface area contributed by atoms with Crippen LogP contribution in [0, 0.1) is 23.2 Å². The van der Waals surface area contributed by atoms with E-state index in [9.17, 15) is 9.59 Å². The van der Waals surface area contributed by atoms with Crippen LogP contribution in [-0.4, -0.2) is 35.0 Å². The number of nitrogens with two attached hydrogens (primary N) is 1. The Morgan fingerprint density at radius 2 is 2.04 bits per heavy atom. The number of hydrogen-bond acceptors (Lipinski definition) is 5. The maximum absolute atomic E-state index is 12.5. The van der Waals surface area contributed by atoms with Crippen LogP contribution in [0.1, 0.15) is 42.5 Å². The zero-order valence-electron chi connectivity index (χ0n) is 15.3. The molecule has 2 aromatic heterocycles. The minimum Gasteiger partial charge on any atom is -0.469 e. The summed E-state index contributed by atoms with van der Waals surface area (Å²) in [6.45, 7) is 0. The van der Waals surface area contributed by atoms with Crippen molar-refractivity contribution in [1.29, 1.82) is 0 Å². The fraction of sp³-hybridized carbons (Fsp3) is 0.550. The number of H-pyrrole nitrogens is 1. The number of hydrogen-bond donors (Lipinski definition) is 3. The normalized spacial score (nSPS) is 34.0. The van der Waals surface area contributed by atoms with E-state index in [0.29, 0.717) is 23.3 Å². The van der Waals surface area contributed by atoms with Crippen molar-refractivity contribution in [3.63, 3.8) is 0 Å². The third-order valence-corrected chi connectivity index (χ3v) is 7.05. The molecule has 0 aliphatic heterocycles. The molecule has 7 nitrogen and oxygen atoms in total. The molecule has 2 aromatic rings. The van der Waals surface area contributed by atoms with Crippen LogP contribution in [0.15, 0.2) is 18.5 Å². The van der Waals surface area contributed by atoms with Crippen LogP contribution < -0.4 is 11.1 Å². The molecule has 27 heavy (non-hydrogen) atoms. The molecule has 4 bridgehead atoms. The number of aromatic nitrogens is 2. The Bertz CT molecular complexity index is 920. The van der Waals surface area contributed by atoms with Gasteiger partial charge in [0.25, 0.3) is 5.91 Å². The lowest BCUT2D eigenvalue weighted by Crippen LogP contribution is -2.58. The molecule has 4 aliphatic carbocycles. The number of methoxy groups -OCH3 is 1. The molecular formula is C20H24N4O3. The molecule has 4 aliphatic rings. The lowest BCUT2D eigenvalue weighted by atomic mass is 9.48. The number of anilines is 1. The van der Waals surface area contributed by atoms with Crippen LogP contribution in [0.3, 0.4) is 0 Å². The van der Waals surface area contributed by atoms with Crippen molar-refractivity contribution in [2.45, 2.75) is 38.1 Å². The number of nitrogens with one attached hydrogen (secondary N) is 2. The number of pyridine rings is 1. The van der Waals surface area contributed by atoms with E-state index in [0.717, 1.165) is 48.8 Å². The first-order chi connectivity index (χ1) is 13.0. The molecular weight excluding hydrogens is 344 g/mol. The highest BCUT2D eigenvalue weighted by atomic mass is 16.5. The molecule has 142 valence electrons. The highest BCUT2D eigenvalue weighted by Crippen LogP contribution is 2.61. The smallest absolute Gasteiger partial charge is 0.311 e. The molecule has 5 atom stereocenters. The summed E-state index contributed by atoms with van der Waals surface area (Å²) in [4.78, 5) is 31.9. The van der Waals surface area contributed by atoms with Gasteiger partial charge >= 0.3 is 5.97 Å². The largest absolute Gasteiger partial charge is 0.469 e. The number of carbonyl (C=O) groups excluding carboxylic acids is 2. The number of carbonyl (C=O) groups is 2. The molecule has 2 heterocycles. The minimum absolute atomic E-state index is 0.0462. The topological polar surface area (TPSA) is 110 Å². The van der Waals surface area contributed by atoms with E-state index in [2.05, 4.69) is 15.3 Å². The Hall–Kier alpha value is -2.57. The molecule has 1 amide bonds. The van der Waals surface area contributed by atoms with Gasteiger partial charge in [0.2, 0.25) is 0 Å². The summed E-state index contributed by atoms with van der Waals surface area (Å²) >= 11 is 0. The van der Waals surface area contributed by atoms with E-state index in [-0.39, 0.29) is 17.4 Å². The van der Waals surface area contributed by atoms with Gasteiger partial charge in [-0.05, 0) is 55.9 Å². The van der Waals surface area contributed by atoms with Gasteiger partial charge in [0, 0.05) is 23.8 Å². The number of esters is 1. The second kappa shape index (κ2) is 5.71. The van der Waals surface area contributed by atoms with Crippen LogP contribution >= 0.6 is 0 Å². The van der Waals surface area contributed by atoms with Crippen molar-refractivity contribution >= 4 is 28.6 Å². The first-order valence-corrected chi connectivity index (χ1v) is 9.61. The number of rotatable bonds is 4. The van der Waals surface area contributed by atoms with E-state index < -0.39 is 5.91 Å². The van der Waals surface area contributed by atoms with Gasteiger partial charge in [0.1, 0.15) is 5.65 Å². The van der Waals surface area contributed by atoms with Gasteiger partial charge in [-0.3, -0.25) is 9.59 Å². The van der Waals surface area contributed by atoms with Gasteiger partial charge in [-0.2, -0.15) is 0 Å². The number of amides is 1. The molecule has 0 spiro atoms. The van der Waals surface area contributed by atoms with E-state index in [1.807, 2.05) is 12.3 Å². The standard InChI is InChI=1S/C20H24N4O3/c1-27-19(26)20-6-10-4-11(7-20)15(12(5-10)8-20)24-16-13-2-3-22-18(13)23-9-14(16)17(21)25/h2-3,9-12,15H,4-8H2,1H3,(H2,21,25)(H2,22,23,24)/t10-,11-,12+,15?,20-. The van der Waals surface area contributed by atoms with Crippen LogP contribution in [-0.2, 0) is 9.53 Å². The van der Waals surface area contributed by atoms with Crippen molar-refractivity contribution in [2.75, 3.05) is 12.4 Å². The quantitative estimate of drug-likeness (QED) is 0.718. The third kappa shape index (κ3) is 2.37. The molecule has 1 unspecified atom stereocenters. The van der Waals surface area contributed by atoms with Gasteiger partial charge in [0.15, 0.2) is 0 Å². The molecule has 7 heteroatoms. The van der Waals surface area contributed by atoms with Crippen molar-refractivity contribution in [3.05, 3.63) is 24.0 Å². The predicted molar refractivity (Wildman–Crippen MR) is 100 cm³/mol. The first-order valence-electron chi connectivity index (χ1n) is 9.61. The number of primary amides is 1. The predicted octanol–water partition coefficient (Wildman–Crippen LogP) is 2.44. The van der Waals surface area contributed by atoms with Gasteiger partial charge < -0.3 is 20.8 Å². The second-order valence-corrected chi connectivity index (χ2v) is 8.56. The molecule has 4 saturated carbocycles. The Kier molecular flexibility index (Phi) is 3.51. The zero-order valence-corrected chi connectivity index (χ0v) is 15.3. The Morgan fingerprint density at radius 1 is 1.30 bits per heavy atom. The van der Waals surface area contributed by atoms with E-state index in [1.54, 1.807) is 0 Å². The lowest BCUT2D eigenvalue weighted by molar-refractivity contribution is -0.169. The molecule has 0 radical (unpaired) electrons. The lowest BCUT2D eigenvalue weighted by Gasteiger charge is -2.58. The van der Waals surface area contributed by atoms with Crippen molar-refractivity contribution < 1.29 is 14.3 Å². The van der Waals surface area contributed by atoms with Crippen LogP contribution in [0.5, 0.6) is 0 Å². The third-order valence-electron chi connectivity index (χ3n) is 7.05. The van der Waals surface area contributed by atoms with Gasteiger partial charge in [-0.15, -0.1) is 0 Å². The Labute approximate surface area is 157 Å². The summed E-state index contributed by atoms with van der Waals surface area (Å²) in [7, 11) is 1.50. The second-order valence-electron chi connectivity index (χ2n) is 8.56. The average molecular weight is 368 g/mol. The van der Waals surface area contributed by atoms with E-state index in [4.69, 9.17) is 10.5 Å². The summed E-state index contributed by atoms with van der Waals surface area (Å²) in [5.74, 6) is 0.870. The van der Waals surface area contributed by atoms with Gasteiger partial charge in [-0.1, -0.05) is 0 Å². The maximum Gasteiger partial charge on any atom is 0.311 e. The molecule has 4 N–H and O–H groups in total. The SMILES string of the molecule is COC(=O)[C@]12C[C@@H]3C[C@H](C1)C(Nc1c(C(N)=O)cnc4[nH]ccc14)[C@@H](C3)C2. The van der Waals surface area contributed by atoms with Crippen LogP contribution in [0.4, 0.5) is 5.69 Å². The Balaban J connectivity index is 1.51. The van der Waals surface area contributed by atoms with Crippen molar-refractivity contribution in [3.8, 4) is 0 Å². The van der Waals surface area contributed by atoms with Crippen LogP contribution in [0.2, 0.25) is 0 Å². The summed E-state index contributed by atoms with van der Waals surface area (Å²) in [6, 6.07) is 2.15. The number of ether oxygens (including phenoxy) is 1. The van der Waals surface area contributed by atoms with Gasteiger partial charge in [0.05, 0.1) is 23.8 Å². The van der Waals surface area contributed by atoms with Crippen LogP contribution in [0.25, 0.3) is 11.0 Å². The summed E-state index contributed by atoms with van der Waals surface area (Å²) in [5, 5.41) is 4.54. The molecule has 4 fully saturated rings. The molecule has 0 aromatic carbocycles. The molecule has 0 saturated heterocycles. The number of fused-ring (bicyclic) bond motifs is 1. The maximum atomic E-state index is 12.5. The fourth-order valence-electron chi connectivity index (χ4n) is 6.24. The van der Waals surface area contributed by atoms with E-state index in [1.165, 1.54) is 13.3 Å². The zero-order chi connectivity index (χ0) is 18.8. The highest BCUT2D eigenvalue weighted by Gasteiger charge is 2.59. The number of nitrogens with zero attached hydrogens (tertiary/aromatic N) is 1. The minimum atomic E-state index is -0.483. The first kappa shape index (κ1) is 16.6. The number of aromatic amines is 1.